The molecule has 0 aromatic carbocycles. The standard InChI is InChI=1S/C10H13N3OS/c1-3-10(2,7-11)9(14)13-6-8-12-4-5-15-8/h4-5H,3,6H2,1-2H3,(H,13,14). The quantitative estimate of drug-likeness (QED) is 0.844. The van der Waals surface area contributed by atoms with Crippen LogP contribution in [0.1, 0.15) is 25.3 Å². The third-order valence-electron chi connectivity index (χ3n) is 2.34. The van der Waals surface area contributed by atoms with E-state index in [0.29, 0.717) is 13.0 Å². The summed E-state index contributed by atoms with van der Waals surface area (Å²) in [6.45, 7) is 3.87. The Labute approximate surface area is 92.9 Å². The van der Waals surface area contributed by atoms with Gasteiger partial charge in [-0.1, -0.05) is 6.92 Å². The number of rotatable bonds is 4. The van der Waals surface area contributed by atoms with Gasteiger partial charge >= 0.3 is 0 Å². The van der Waals surface area contributed by atoms with Crippen LogP contribution in [0.3, 0.4) is 0 Å². The van der Waals surface area contributed by atoms with Crippen LogP contribution in [0.4, 0.5) is 0 Å². The van der Waals surface area contributed by atoms with E-state index in [-0.39, 0.29) is 5.91 Å². The number of hydrogen-bond donors (Lipinski definition) is 1. The maximum Gasteiger partial charge on any atom is 0.240 e. The highest BCUT2D eigenvalue weighted by Gasteiger charge is 2.30. The summed E-state index contributed by atoms with van der Waals surface area (Å²) in [5, 5.41) is 14.3. The Morgan fingerprint density at radius 2 is 2.53 bits per heavy atom. The summed E-state index contributed by atoms with van der Waals surface area (Å²) >= 11 is 1.48. The lowest BCUT2D eigenvalue weighted by molar-refractivity contribution is -0.127. The minimum absolute atomic E-state index is 0.234. The zero-order valence-corrected chi connectivity index (χ0v) is 9.60. The summed E-state index contributed by atoms with van der Waals surface area (Å²) in [6, 6.07) is 2.03. The van der Waals surface area contributed by atoms with Gasteiger partial charge in [-0.15, -0.1) is 11.3 Å². The Morgan fingerprint density at radius 3 is 3.00 bits per heavy atom. The van der Waals surface area contributed by atoms with Crippen LogP contribution in [0, 0.1) is 16.7 Å². The largest absolute Gasteiger partial charge is 0.348 e. The van der Waals surface area contributed by atoms with Crippen molar-refractivity contribution in [1.29, 1.82) is 5.26 Å². The van der Waals surface area contributed by atoms with Crippen molar-refractivity contribution in [1.82, 2.24) is 10.3 Å². The van der Waals surface area contributed by atoms with Crippen molar-refractivity contribution in [3.63, 3.8) is 0 Å². The molecular weight excluding hydrogens is 210 g/mol. The van der Waals surface area contributed by atoms with E-state index in [2.05, 4.69) is 10.3 Å². The third-order valence-corrected chi connectivity index (χ3v) is 3.12. The summed E-state index contributed by atoms with van der Waals surface area (Å²) in [6.07, 6.45) is 2.20. The van der Waals surface area contributed by atoms with Crippen molar-refractivity contribution in [3.8, 4) is 6.07 Å². The molecule has 0 saturated carbocycles. The van der Waals surface area contributed by atoms with Gasteiger partial charge in [-0.05, 0) is 13.3 Å². The number of hydrogen-bond acceptors (Lipinski definition) is 4. The van der Waals surface area contributed by atoms with Crippen LogP contribution in [0.5, 0.6) is 0 Å². The highest BCUT2D eigenvalue weighted by atomic mass is 32.1. The van der Waals surface area contributed by atoms with Crippen LogP contribution < -0.4 is 5.32 Å². The fourth-order valence-corrected chi connectivity index (χ4v) is 1.54. The van der Waals surface area contributed by atoms with Gasteiger partial charge in [0.05, 0.1) is 12.6 Å². The fourth-order valence-electron chi connectivity index (χ4n) is 0.982. The lowest BCUT2D eigenvalue weighted by Gasteiger charge is -2.17. The van der Waals surface area contributed by atoms with Crippen LogP contribution in [0.15, 0.2) is 11.6 Å². The minimum Gasteiger partial charge on any atom is -0.348 e. The van der Waals surface area contributed by atoms with Crippen LogP contribution >= 0.6 is 11.3 Å². The maximum absolute atomic E-state index is 11.7. The van der Waals surface area contributed by atoms with E-state index in [1.807, 2.05) is 18.4 Å². The molecule has 15 heavy (non-hydrogen) atoms. The van der Waals surface area contributed by atoms with E-state index < -0.39 is 5.41 Å². The van der Waals surface area contributed by atoms with Gasteiger partial charge in [-0.3, -0.25) is 4.79 Å². The Morgan fingerprint density at radius 1 is 1.80 bits per heavy atom. The first-order chi connectivity index (χ1) is 7.12. The molecule has 1 aromatic rings. The lowest BCUT2D eigenvalue weighted by atomic mass is 9.88. The monoisotopic (exact) mass is 223 g/mol. The molecule has 1 N–H and O–H groups in total. The number of thiazole rings is 1. The molecule has 1 amide bonds. The molecule has 0 saturated heterocycles. The van der Waals surface area contributed by atoms with Crippen molar-refractivity contribution in [2.75, 3.05) is 0 Å². The van der Waals surface area contributed by atoms with Gasteiger partial charge in [0, 0.05) is 11.6 Å². The Hall–Kier alpha value is -1.41. The third kappa shape index (κ3) is 2.77. The first-order valence-electron chi connectivity index (χ1n) is 4.70. The molecule has 1 heterocycles. The van der Waals surface area contributed by atoms with Gasteiger partial charge in [0.25, 0.3) is 0 Å². The lowest BCUT2D eigenvalue weighted by Crippen LogP contribution is -2.37. The predicted molar refractivity (Wildman–Crippen MR) is 58.0 cm³/mol. The highest BCUT2D eigenvalue weighted by molar-refractivity contribution is 7.09. The molecule has 0 spiro atoms. The van der Waals surface area contributed by atoms with Gasteiger partial charge in [0.15, 0.2) is 0 Å². The molecule has 1 aromatic heterocycles. The van der Waals surface area contributed by atoms with Gasteiger partial charge in [0.2, 0.25) is 5.91 Å². The number of nitrogens with zero attached hydrogens (tertiary/aromatic N) is 2. The van der Waals surface area contributed by atoms with E-state index in [0.717, 1.165) is 5.01 Å². The normalized spacial score (nSPS) is 13.9. The predicted octanol–water partition coefficient (Wildman–Crippen LogP) is 1.70. The first-order valence-corrected chi connectivity index (χ1v) is 5.58. The van der Waals surface area contributed by atoms with Crippen LogP contribution in [0.25, 0.3) is 0 Å². The smallest absolute Gasteiger partial charge is 0.240 e. The molecule has 80 valence electrons. The van der Waals surface area contributed by atoms with E-state index in [9.17, 15) is 4.79 Å². The summed E-state index contributed by atoms with van der Waals surface area (Å²) < 4.78 is 0. The summed E-state index contributed by atoms with van der Waals surface area (Å²) in [4.78, 5) is 15.7. The molecule has 0 aliphatic rings. The number of carbonyl (C=O) groups excluding carboxylic acids is 1. The molecule has 4 nitrogen and oxygen atoms in total. The Balaban J connectivity index is 2.53. The zero-order valence-electron chi connectivity index (χ0n) is 8.78. The molecule has 5 heteroatoms. The fraction of sp³-hybridized carbons (Fsp3) is 0.500. The first kappa shape index (κ1) is 11.7. The van der Waals surface area contributed by atoms with Crippen molar-refractivity contribution in [2.24, 2.45) is 5.41 Å². The highest BCUT2D eigenvalue weighted by Crippen LogP contribution is 2.19. The van der Waals surface area contributed by atoms with E-state index >= 15 is 0 Å². The van der Waals surface area contributed by atoms with Crippen LogP contribution in [-0.4, -0.2) is 10.9 Å². The summed E-state index contributed by atoms with van der Waals surface area (Å²) in [5.41, 5.74) is -0.933. The van der Waals surface area contributed by atoms with E-state index in [1.54, 1.807) is 13.1 Å². The number of carbonyl (C=O) groups is 1. The van der Waals surface area contributed by atoms with Gasteiger partial charge < -0.3 is 5.32 Å². The molecular formula is C10H13N3OS. The van der Waals surface area contributed by atoms with Crippen LogP contribution in [0.2, 0.25) is 0 Å². The molecule has 1 atom stereocenters. The van der Waals surface area contributed by atoms with Crippen LogP contribution in [-0.2, 0) is 11.3 Å². The number of amides is 1. The van der Waals surface area contributed by atoms with Crippen molar-refractivity contribution in [3.05, 3.63) is 16.6 Å². The molecule has 0 fully saturated rings. The molecule has 0 radical (unpaired) electrons. The van der Waals surface area contributed by atoms with E-state index in [4.69, 9.17) is 5.26 Å². The second-order valence-electron chi connectivity index (χ2n) is 3.41. The number of nitrogens with one attached hydrogen (secondary N) is 1. The van der Waals surface area contributed by atoms with Crippen molar-refractivity contribution in [2.45, 2.75) is 26.8 Å². The van der Waals surface area contributed by atoms with E-state index in [1.165, 1.54) is 11.3 Å². The summed E-state index contributed by atoms with van der Waals surface area (Å²) in [7, 11) is 0. The number of nitriles is 1. The topological polar surface area (TPSA) is 65.8 Å². The van der Waals surface area contributed by atoms with Gasteiger partial charge in [-0.2, -0.15) is 5.26 Å². The van der Waals surface area contributed by atoms with Crippen molar-refractivity contribution >= 4 is 17.2 Å². The maximum atomic E-state index is 11.7. The molecule has 1 unspecified atom stereocenters. The molecule has 0 bridgehead atoms. The average molecular weight is 223 g/mol. The Bertz CT molecular complexity index is 369. The zero-order chi connectivity index (χ0) is 11.3. The molecule has 1 rings (SSSR count). The number of aromatic nitrogens is 1. The average Bonchev–Trinajstić information content (AvgIpc) is 2.77. The molecule has 0 aliphatic carbocycles. The second kappa shape index (κ2) is 4.89. The Kier molecular flexibility index (Phi) is 3.81. The summed E-state index contributed by atoms with van der Waals surface area (Å²) in [5.74, 6) is -0.234. The minimum atomic E-state index is -0.933. The van der Waals surface area contributed by atoms with Crippen molar-refractivity contribution < 1.29 is 4.79 Å². The van der Waals surface area contributed by atoms with Gasteiger partial charge in [-0.25, -0.2) is 4.98 Å². The SMILES string of the molecule is CCC(C)(C#N)C(=O)NCc1nccs1. The second-order valence-corrected chi connectivity index (χ2v) is 4.39. The molecule has 0 aliphatic heterocycles. The van der Waals surface area contributed by atoms with Gasteiger partial charge in [0.1, 0.15) is 10.4 Å².